The average molecular weight is 657 g/mol. The molecule has 1 aromatic carbocycles. The van der Waals surface area contributed by atoms with Gasteiger partial charge in [-0.05, 0) is 70.1 Å². The van der Waals surface area contributed by atoms with Gasteiger partial charge in [0.1, 0.15) is 23.7 Å². The number of aliphatic imine (C=N–C) groups is 3. The second kappa shape index (κ2) is 16.6. The van der Waals surface area contributed by atoms with Crippen LogP contribution in [0, 0.1) is 11.3 Å². The van der Waals surface area contributed by atoms with Gasteiger partial charge in [0.25, 0.3) is 0 Å². The largest absolute Gasteiger partial charge is 0.397 e. The number of carbonyl (C=O) groups is 2. The van der Waals surface area contributed by atoms with E-state index in [1.165, 1.54) is 12.6 Å². The lowest BCUT2D eigenvalue weighted by atomic mass is 10.1. The Labute approximate surface area is 282 Å². The Morgan fingerprint density at radius 1 is 1.08 bits per heavy atom. The topological polar surface area (TPSA) is 199 Å². The van der Waals surface area contributed by atoms with Gasteiger partial charge in [-0.3, -0.25) is 29.4 Å². The smallest absolute Gasteiger partial charge is 0.236 e. The summed E-state index contributed by atoms with van der Waals surface area (Å²) < 4.78 is 0. The molecule has 2 saturated heterocycles. The zero-order chi connectivity index (χ0) is 34.8. The second-order valence-electron chi connectivity index (χ2n) is 12.1. The number of nitrogens with zero attached hydrogens (tertiary/aromatic N) is 8. The number of nitrogens with one attached hydrogen (secondary N) is 1. The Bertz CT molecular complexity index is 1570. The number of nitrogen functional groups attached to an aromatic ring is 1. The van der Waals surface area contributed by atoms with Crippen LogP contribution in [0.2, 0.25) is 0 Å². The van der Waals surface area contributed by atoms with Gasteiger partial charge in [-0.1, -0.05) is 0 Å². The molecule has 2 aliphatic rings. The normalized spacial score (nSPS) is 18.2. The number of amides is 2. The van der Waals surface area contributed by atoms with Gasteiger partial charge < -0.3 is 32.4 Å². The molecule has 14 heteroatoms. The molecule has 2 fully saturated rings. The maximum atomic E-state index is 13.7. The molecule has 0 unspecified atom stereocenters. The van der Waals surface area contributed by atoms with Crippen molar-refractivity contribution >= 4 is 59.3 Å². The number of amidine groups is 1. The number of likely N-dealkylation sites (tertiary alicyclic amines) is 1. The summed E-state index contributed by atoms with van der Waals surface area (Å²) in [5.41, 5.74) is 21.7. The Morgan fingerprint density at radius 3 is 2.42 bits per heavy atom. The molecule has 0 spiro atoms. The van der Waals surface area contributed by atoms with Gasteiger partial charge >= 0.3 is 0 Å². The van der Waals surface area contributed by atoms with E-state index < -0.39 is 0 Å². The summed E-state index contributed by atoms with van der Waals surface area (Å²) in [6, 6.07) is 11.3. The van der Waals surface area contributed by atoms with Crippen LogP contribution in [0.4, 0.5) is 17.2 Å². The standard InChI is InChI=1S/C34H48N12O2/c1-5-46(29-11-10-28(36)32(42-29)31(37)26(18-35)19-40-23(2)3)34(48)25-12-13-43(20-25)21-30(47)45-16-14-44(15-17-45)27-8-6-24(7-9-27)33(38)41-22-39-4/h6-11,18-19,22-23,25,35H,5,12-17,20-21,36-37H2,1-4H3,(H2,38,39,41)/t25-/m1/s1. The van der Waals surface area contributed by atoms with Crippen molar-refractivity contribution in [3.63, 3.8) is 0 Å². The van der Waals surface area contributed by atoms with Crippen molar-refractivity contribution in [1.29, 1.82) is 5.41 Å². The van der Waals surface area contributed by atoms with E-state index in [4.69, 9.17) is 22.6 Å². The van der Waals surface area contributed by atoms with Crippen LogP contribution < -0.4 is 27.0 Å². The highest BCUT2D eigenvalue weighted by Crippen LogP contribution is 2.26. The third-order valence-electron chi connectivity index (χ3n) is 8.46. The van der Waals surface area contributed by atoms with Crippen molar-refractivity contribution in [3.05, 3.63) is 53.2 Å². The number of benzene rings is 1. The monoisotopic (exact) mass is 656 g/mol. The maximum Gasteiger partial charge on any atom is 0.236 e. The summed E-state index contributed by atoms with van der Waals surface area (Å²) in [5.74, 6) is 0.591. The van der Waals surface area contributed by atoms with Crippen LogP contribution in [-0.2, 0) is 9.59 Å². The van der Waals surface area contributed by atoms with Crippen molar-refractivity contribution < 1.29 is 9.59 Å². The lowest BCUT2D eigenvalue weighted by molar-refractivity contribution is -0.132. The lowest BCUT2D eigenvalue weighted by Crippen LogP contribution is -2.51. The summed E-state index contributed by atoms with van der Waals surface area (Å²) in [6.45, 7) is 10.3. The van der Waals surface area contributed by atoms with E-state index in [1.54, 1.807) is 24.1 Å². The van der Waals surface area contributed by atoms with E-state index in [0.29, 0.717) is 67.8 Å². The highest BCUT2D eigenvalue weighted by Gasteiger charge is 2.34. The molecule has 1 aromatic heterocycles. The zero-order valence-electron chi connectivity index (χ0n) is 28.3. The molecule has 48 heavy (non-hydrogen) atoms. The lowest BCUT2D eigenvalue weighted by Gasteiger charge is -2.36. The Morgan fingerprint density at radius 2 is 1.79 bits per heavy atom. The summed E-state index contributed by atoms with van der Waals surface area (Å²) in [6.07, 6.45) is 4.73. The number of allylic oxidation sites excluding steroid dienone is 1. The van der Waals surface area contributed by atoms with E-state index in [1.807, 2.05) is 49.9 Å². The molecule has 0 aliphatic carbocycles. The zero-order valence-corrected chi connectivity index (χ0v) is 28.3. The predicted molar refractivity (Wildman–Crippen MR) is 195 cm³/mol. The van der Waals surface area contributed by atoms with Crippen LogP contribution in [0.3, 0.4) is 0 Å². The van der Waals surface area contributed by atoms with E-state index in [2.05, 4.69) is 29.8 Å². The molecule has 1 atom stereocenters. The van der Waals surface area contributed by atoms with Gasteiger partial charge in [-0.15, -0.1) is 0 Å². The molecule has 256 valence electrons. The molecule has 2 aliphatic heterocycles. The summed E-state index contributed by atoms with van der Waals surface area (Å²) >= 11 is 0. The molecule has 3 heterocycles. The van der Waals surface area contributed by atoms with Gasteiger partial charge in [0.2, 0.25) is 11.8 Å². The van der Waals surface area contributed by atoms with Crippen molar-refractivity contribution in [2.45, 2.75) is 33.2 Å². The van der Waals surface area contributed by atoms with Crippen LogP contribution >= 0.6 is 0 Å². The fraction of sp³-hybridized carbons (Fsp3) is 0.441. The second-order valence-corrected chi connectivity index (χ2v) is 12.1. The maximum absolute atomic E-state index is 13.7. The number of hydrogen-bond donors (Lipinski definition) is 4. The van der Waals surface area contributed by atoms with Crippen LogP contribution in [0.15, 0.2) is 56.9 Å². The van der Waals surface area contributed by atoms with E-state index in [0.717, 1.165) is 30.6 Å². The first-order chi connectivity index (χ1) is 23.1. The predicted octanol–water partition coefficient (Wildman–Crippen LogP) is 1.85. The molecular formula is C34H48N12O2. The quantitative estimate of drug-likeness (QED) is 0.196. The molecule has 0 bridgehead atoms. The molecule has 4 rings (SSSR count). The van der Waals surface area contributed by atoms with E-state index in [9.17, 15) is 9.59 Å². The third-order valence-corrected chi connectivity index (χ3v) is 8.46. The Balaban J connectivity index is 1.33. The first-order valence-corrected chi connectivity index (χ1v) is 16.3. The molecule has 2 amide bonds. The first-order valence-electron chi connectivity index (χ1n) is 16.3. The fourth-order valence-corrected chi connectivity index (χ4v) is 5.75. The van der Waals surface area contributed by atoms with Crippen molar-refractivity contribution in [2.75, 3.05) is 74.9 Å². The van der Waals surface area contributed by atoms with Gasteiger partial charge in [0.05, 0.1) is 23.8 Å². The number of rotatable bonds is 12. The van der Waals surface area contributed by atoms with Crippen LogP contribution in [-0.4, -0.2) is 117 Å². The minimum atomic E-state index is -0.267. The average Bonchev–Trinajstić information content (AvgIpc) is 3.56. The van der Waals surface area contributed by atoms with Crippen molar-refractivity contribution in [1.82, 2.24) is 14.8 Å². The van der Waals surface area contributed by atoms with Crippen LogP contribution in [0.25, 0.3) is 5.70 Å². The molecule has 7 N–H and O–H groups in total. The summed E-state index contributed by atoms with van der Waals surface area (Å²) in [4.78, 5) is 51.7. The van der Waals surface area contributed by atoms with Crippen molar-refractivity contribution in [2.24, 2.45) is 32.4 Å². The number of carbonyl (C=O) groups excluding carboxylic acids is 2. The highest BCUT2D eigenvalue weighted by atomic mass is 16.2. The molecule has 2 aromatic rings. The Kier molecular flexibility index (Phi) is 12.4. The number of aromatic nitrogens is 1. The first kappa shape index (κ1) is 35.7. The molecular weight excluding hydrogens is 608 g/mol. The van der Waals surface area contributed by atoms with Gasteiger partial charge in [0.15, 0.2) is 0 Å². The SMILES string of the molecule is CCN(C(=O)[C@@H]1CCN(CC(=O)N2CCN(c3ccc(C(N)=NC=NC)cc3)CC2)C1)c1ccc(N)c(C(N)=C(C=N)C=NC(C)C)n1. The van der Waals surface area contributed by atoms with Gasteiger partial charge in [0, 0.05) is 81.6 Å². The number of pyridine rings is 1. The minimum absolute atomic E-state index is 0.0341. The van der Waals surface area contributed by atoms with Gasteiger partial charge in [-0.2, -0.15) is 0 Å². The number of hydrogen-bond acceptors (Lipinski definition) is 10. The summed E-state index contributed by atoms with van der Waals surface area (Å²) in [5, 5.41) is 7.79. The van der Waals surface area contributed by atoms with E-state index >= 15 is 0 Å². The van der Waals surface area contributed by atoms with Crippen LogP contribution in [0.1, 0.15) is 38.4 Å². The minimum Gasteiger partial charge on any atom is -0.397 e. The molecule has 0 radical (unpaired) electrons. The molecule has 14 nitrogen and oxygen atoms in total. The van der Waals surface area contributed by atoms with Crippen molar-refractivity contribution in [3.8, 4) is 0 Å². The molecule has 0 saturated carbocycles. The Hall–Kier alpha value is -5.11. The number of nitrogens with two attached hydrogens (primary N) is 3. The number of piperazine rings is 1. The van der Waals surface area contributed by atoms with Gasteiger partial charge in [-0.25, -0.2) is 9.98 Å². The third kappa shape index (κ3) is 8.82. The highest BCUT2D eigenvalue weighted by molar-refractivity contribution is 6.10. The summed E-state index contributed by atoms with van der Waals surface area (Å²) in [7, 11) is 1.64. The van der Waals surface area contributed by atoms with Crippen LogP contribution in [0.5, 0.6) is 0 Å². The fourth-order valence-electron chi connectivity index (χ4n) is 5.75. The number of anilines is 3. The van der Waals surface area contributed by atoms with E-state index in [-0.39, 0.29) is 36.0 Å².